The van der Waals surface area contributed by atoms with E-state index in [2.05, 4.69) is 22.3 Å². The fraction of sp³-hybridized carbons (Fsp3) is 0.409. The zero-order chi connectivity index (χ0) is 19.7. The van der Waals surface area contributed by atoms with Gasteiger partial charge in [0.15, 0.2) is 0 Å². The SMILES string of the molecule is Cc1cc(-c2cccc(NS(C)=O)c2)cc2c1C(=O)N(NC1CCCCC1)C2. The number of nitrogens with zero attached hydrogens (tertiary/aromatic N) is 1. The van der Waals surface area contributed by atoms with E-state index >= 15 is 0 Å². The molecule has 1 aliphatic carbocycles. The van der Waals surface area contributed by atoms with Crippen LogP contribution in [0.4, 0.5) is 5.69 Å². The van der Waals surface area contributed by atoms with E-state index in [0.717, 1.165) is 46.3 Å². The Hall–Kier alpha value is -2.18. The summed E-state index contributed by atoms with van der Waals surface area (Å²) in [5.41, 5.74) is 9.33. The minimum atomic E-state index is -1.11. The van der Waals surface area contributed by atoms with Crippen molar-refractivity contribution in [1.82, 2.24) is 10.4 Å². The minimum Gasteiger partial charge on any atom is -0.305 e. The van der Waals surface area contributed by atoms with Crippen molar-refractivity contribution >= 4 is 22.6 Å². The van der Waals surface area contributed by atoms with Crippen LogP contribution in [0.1, 0.15) is 53.6 Å². The highest BCUT2D eigenvalue weighted by Crippen LogP contribution is 2.32. The second kappa shape index (κ2) is 8.05. The van der Waals surface area contributed by atoms with E-state index in [1.807, 2.05) is 31.2 Å². The smallest absolute Gasteiger partial charge is 0.268 e. The van der Waals surface area contributed by atoms with E-state index in [-0.39, 0.29) is 5.91 Å². The molecule has 0 spiro atoms. The first kappa shape index (κ1) is 19.2. The molecule has 148 valence electrons. The third kappa shape index (κ3) is 3.98. The van der Waals surface area contributed by atoms with E-state index in [4.69, 9.17) is 0 Å². The van der Waals surface area contributed by atoms with Gasteiger partial charge < -0.3 is 4.72 Å². The maximum Gasteiger partial charge on any atom is 0.268 e. The van der Waals surface area contributed by atoms with Gasteiger partial charge in [-0.15, -0.1) is 0 Å². The lowest BCUT2D eigenvalue weighted by atomic mass is 9.96. The highest BCUT2D eigenvalue weighted by molar-refractivity contribution is 7.85. The molecular formula is C22H27N3O2S. The molecule has 1 saturated carbocycles. The summed E-state index contributed by atoms with van der Waals surface area (Å²) in [5, 5.41) is 1.80. The Morgan fingerprint density at radius 1 is 1.07 bits per heavy atom. The average Bonchev–Trinajstić information content (AvgIpc) is 2.98. The van der Waals surface area contributed by atoms with Gasteiger partial charge in [-0.3, -0.25) is 9.80 Å². The number of rotatable bonds is 5. The van der Waals surface area contributed by atoms with E-state index in [1.54, 1.807) is 11.3 Å². The van der Waals surface area contributed by atoms with Crippen LogP contribution in [0.25, 0.3) is 11.1 Å². The third-order valence-electron chi connectivity index (χ3n) is 5.61. The van der Waals surface area contributed by atoms with Crippen LogP contribution >= 0.6 is 0 Å². The first-order valence-electron chi connectivity index (χ1n) is 9.93. The summed E-state index contributed by atoms with van der Waals surface area (Å²) in [4.78, 5) is 12.9. The van der Waals surface area contributed by atoms with Gasteiger partial charge in [-0.1, -0.05) is 37.5 Å². The monoisotopic (exact) mass is 397 g/mol. The number of aryl methyl sites for hydroxylation is 1. The lowest BCUT2D eigenvalue weighted by Crippen LogP contribution is -2.45. The Bertz CT molecular complexity index is 922. The van der Waals surface area contributed by atoms with Crippen LogP contribution < -0.4 is 10.1 Å². The average molecular weight is 398 g/mol. The molecule has 6 heteroatoms. The Morgan fingerprint density at radius 2 is 1.86 bits per heavy atom. The fourth-order valence-corrected chi connectivity index (χ4v) is 4.78. The topological polar surface area (TPSA) is 61.4 Å². The van der Waals surface area contributed by atoms with Crippen molar-refractivity contribution in [3.8, 4) is 11.1 Å². The van der Waals surface area contributed by atoms with Gasteiger partial charge in [-0.05, 0) is 60.2 Å². The minimum absolute atomic E-state index is 0.0846. The van der Waals surface area contributed by atoms with E-state index in [9.17, 15) is 9.00 Å². The summed E-state index contributed by atoms with van der Waals surface area (Å²) in [7, 11) is -1.11. The molecule has 2 N–H and O–H groups in total. The summed E-state index contributed by atoms with van der Waals surface area (Å²) in [5.74, 6) is 0.0846. The zero-order valence-electron chi connectivity index (χ0n) is 16.5. The largest absolute Gasteiger partial charge is 0.305 e. The summed E-state index contributed by atoms with van der Waals surface area (Å²) in [6.45, 7) is 2.61. The van der Waals surface area contributed by atoms with Crippen LogP contribution in [-0.4, -0.2) is 27.4 Å². The van der Waals surface area contributed by atoms with Gasteiger partial charge in [0.05, 0.1) is 6.54 Å². The predicted octanol–water partition coefficient (Wildman–Crippen LogP) is 4.16. The number of fused-ring (bicyclic) bond motifs is 1. The summed E-state index contributed by atoms with van der Waals surface area (Å²) < 4.78 is 14.4. The van der Waals surface area contributed by atoms with Crippen molar-refractivity contribution in [2.75, 3.05) is 11.0 Å². The second-order valence-electron chi connectivity index (χ2n) is 7.82. The predicted molar refractivity (Wildman–Crippen MR) is 114 cm³/mol. The maximum atomic E-state index is 12.9. The molecule has 1 atom stereocenters. The standard InChI is InChI=1S/C22H27N3O2S/c1-15-11-17(16-7-6-10-20(13-16)24-28(2)27)12-18-14-25(22(26)21(15)18)23-19-8-4-3-5-9-19/h6-7,10-13,19,23-24H,3-5,8-9,14H2,1-2H3. The van der Waals surface area contributed by atoms with Gasteiger partial charge in [0.1, 0.15) is 11.0 Å². The van der Waals surface area contributed by atoms with Crippen LogP contribution in [-0.2, 0) is 17.5 Å². The summed E-state index contributed by atoms with van der Waals surface area (Å²) in [6.07, 6.45) is 7.68. The van der Waals surface area contributed by atoms with E-state index < -0.39 is 11.0 Å². The maximum absolute atomic E-state index is 12.9. The molecule has 2 aliphatic rings. The first-order chi connectivity index (χ1) is 13.5. The number of carbonyl (C=O) groups excluding carboxylic acids is 1. The van der Waals surface area contributed by atoms with Gasteiger partial charge in [-0.25, -0.2) is 9.63 Å². The molecule has 1 aliphatic heterocycles. The molecule has 1 fully saturated rings. The van der Waals surface area contributed by atoms with Gasteiger partial charge in [0.25, 0.3) is 5.91 Å². The highest BCUT2D eigenvalue weighted by atomic mass is 32.2. The number of hydrogen-bond acceptors (Lipinski definition) is 3. The molecule has 0 radical (unpaired) electrons. The molecule has 0 aromatic heterocycles. The Morgan fingerprint density at radius 3 is 2.61 bits per heavy atom. The number of nitrogens with one attached hydrogen (secondary N) is 2. The molecule has 0 bridgehead atoms. The Kier molecular flexibility index (Phi) is 5.51. The molecule has 0 saturated heterocycles. The van der Waals surface area contributed by atoms with Gasteiger partial charge >= 0.3 is 0 Å². The normalized spacial score (nSPS) is 18.2. The van der Waals surface area contributed by atoms with Crippen LogP contribution in [0.15, 0.2) is 36.4 Å². The van der Waals surface area contributed by atoms with Crippen LogP contribution in [0.3, 0.4) is 0 Å². The van der Waals surface area contributed by atoms with E-state index in [1.165, 1.54) is 19.3 Å². The quantitative estimate of drug-likeness (QED) is 0.796. The van der Waals surface area contributed by atoms with Gasteiger partial charge in [-0.2, -0.15) is 0 Å². The molecule has 5 nitrogen and oxygen atoms in total. The molecule has 1 unspecified atom stereocenters. The van der Waals surface area contributed by atoms with Crippen LogP contribution in [0.5, 0.6) is 0 Å². The molecule has 4 rings (SSSR count). The number of anilines is 1. The molecule has 2 aromatic carbocycles. The second-order valence-corrected chi connectivity index (χ2v) is 8.93. The first-order valence-corrected chi connectivity index (χ1v) is 11.5. The van der Waals surface area contributed by atoms with Crippen LogP contribution in [0.2, 0.25) is 0 Å². The number of amides is 1. The number of carbonyl (C=O) groups is 1. The lowest BCUT2D eigenvalue weighted by Gasteiger charge is -2.28. The molecule has 2 aromatic rings. The van der Waals surface area contributed by atoms with Crippen molar-refractivity contribution in [3.05, 3.63) is 53.1 Å². The van der Waals surface area contributed by atoms with Crippen molar-refractivity contribution in [2.24, 2.45) is 0 Å². The van der Waals surface area contributed by atoms with Crippen molar-refractivity contribution < 1.29 is 9.00 Å². The van der Waals surface area contributed by atoms with Crippen molar-refractivity contribution in [2.45, 2.75) is 51.6 Å². The van der Waals surface area contributed by atoms with Gasteiger partial charge in [0.2, 0.25) is 0 Å². The number of benzene rings is 2. The fourth-order valence-electron chi connectivity index (χ4n) is 4.32. The van der Waals surface area contributed by atoms with Crippen molar-refractivity contribution in [1.29, 1.82) is 0 Å². The van der Waals surface area contributed by atoms with Gasteiger partial charge in [0, 0.05) is 23.5 Å². The summed E-state index contributed by atoms with van der Waals surface area (Å²) in [6, 6.07) is 12.5. The number of hydrazine groups is 1. The van der Waals surface area contributed by atoms with Crippen LogP contribution in [0, 0.1) is 6.92 Å². The lowest BCUT2D eigenvalue weighted by molar-refractivity contribution is 0.0621. The zero-order valence-corrected chi connectivity index (χ0v) is 17.3. The molecule has 28 heavy (non-hydrogen) atoms. The molecular weight excluding hydrogens is 370 g/mol. The Balaban J connectivity index is 1.58. The van der Waals surface area contributed by atoms with Crippen molar-refractivity contribution in [3.63, 3.8) is 0 Å². The number of hydrogen-bond donors (Lipinski definition) is 2. The molecule has 1 heterocycles. The summed E-state index contributed by atoms with van der Waals surface area (Å²) >= 11 is 0. The third-order valence-corrected chi connectivity index (χ3v) is 6.13. The highest BCUT2D eigenvalue weighted by Gasteiger charge is 2.31. The van der Waals surface area contributed by atoms with E-state index in [0.29, 0.717) is 12.6 Å². The molecule has 1 amide bonds. The Labute approximate surface area is 169 Å².